The third-order valence-corrected chi connectivity index (χ3v) is 7.32. The summed E-state index contributed by atoms with van der Waals surface area (Å²) in [6.07, 6.45) is 6.03. The minimum absolute atomic E-state index is 0.725. The highest BCUT2D eigenvalue weighted by molar-refractivity contribution is 14.1. The molecule has 2 aliphatic rings. The van der Waals surface area contributed by atoms with Crippen LogP contribution >= 0.6 is 45.2 Å². The first-order valence-corrected chi connectivity index (χ1v) is 5.86. The zero-order valence-corrected chi connectivity index (χ0v) is 9.55. The Labute approximate surface area is 83.4 Å². The maximum absolute atomic E-state index is 2.69. The maximum atomic E-state index is 2.69. The van der Waals surface area contributed by atoms with Crippen LogP contribution in [0.4, 0.5) is 0 Å². The van der Waals surface area contributed by atoms with E-state index in [-0.39, 0.29) is 0 Å². The smallest absolute Gasteiger partial charge is 0.0342 e. The number of hydrogen-bond donors (Lipinski definition) is 0. The molecule has 0 heterocycles. The molecule has 0 aliphatic heterocycles. The van der Waals surface area contributed by atoms with Crippen LogP contribution in [0.3, 0.4) is 0 Å². The molecule has 3 unspecified atom stereocenters. The predicted molar refractivity (Wildman–Crippen MR) is 56.5 cm³/mol. The van der Waals surface area contributed by atoms with Crippen LogP contribution in [0.2, 0.25) is 0 Å². The van der Waals surface area contributed by atoms with E-state index in [2.05, 4.69) is 45.2 Å². The molecule has 0 saturated heterocycles. The summed E-state index contributed by atoms with van der Waals surface area (Å²) in [5.74, 6) is 1.10. The monoisotopic (exact) mass is 348 g/mol. The van der Waals surface area contributed by atoms with Gasteiger partial charge in [-0.3, -0.25) is 0 Å². The van der Waals surface area contributed by atoms with Crippen molar-refractivity contribution in [1.82, 2.24) is 0 Å². The molecule has 52 valence electrons. The van der Waals surface area contributed by atoms with Gasteiger partial charge in [0.2, 0.25) is 0 Å². The maximum Gasteiger partial charge on any atom is 0.0342 e. The highest BCUT2D eigenvalue weighted by atomic mass is 127. The second-order valence-electron chi connectivity index (χ2n) is 3.35. The molecule has 0 radical (unpaired) electrons. The fourth-order valence-electron chi connectivity index (χ4n) is 2.12. The van der Waals surface area contributed by atoms with E-state index in [1.165, 1.54) is 25.7 Å². The molecule has 0 aromatic heterocycles. The molecule has 0 N–H and O–H groups in total. The van der Waals surface area contributed by atoms with Crippen molar-refractivity contribution < 1.29 is 0 Å². The first-order valence-electron chi connectivity index (χ1n) is 3.54. The van der Waals surface area contributed by atoms with Gasteiger partial charge < -0.3 is 0 Å². The number of fused-ring (bicyclic) bond motifs is 2. The lowest BCUT2D eigenvalue weighted by Gasteiger charge is -2.24. The second-order valence-corrected chi connectivity index (χ2v) is 7.00. The van der Waals surface area contributed by atoms with E-state index in [0.29, 0.717) is 0 Å². The van der Waals surface area contributed by atoms with Gasteiger partial charge in [-0.1, -0.05) is 45.2 Å². The molecule has 2 bridgehead atoms. The van der Waals surface area contributed by atoms with Crippen LogP contribution < -0.4 is 0 Å². The fraction of sp³-hybridized carbons (Fsp3) is 1.00. The van der Waals surface area contributed by atoms with Gasteiger partial charge in [0.05, 0.1) is 0 Å². The Hall–Kier alpha value is 1.46. The highest BCUT2D eigenvalue weighted by Crippen LogP contribution is 2.56. The van der Waals surface area contributed by atoms with Gasteiger partial charge in [0.15, 0.2) is 0 Å². The summed E-state index contributed by atoms with van der Waals surface area (Å²) in [6.45, 7) is 0. The SMILES string of the molecule is IC1CC2CCC1(I)C2. The molecule has 9 heavy (non-hydrogen) atoms. The third kappa shape index (κ3) is 1.04. The summed E-state index contributed by atoms with van der Waals surface area (Å²) in [6, 6.07) is 0. The van der Waals surface area contributed by atoms with Crippen LogP contribution in [0, 0.1) is 5.92 Å². The summed E-state index contributed by atoms with van der Waals surface area (Å²) >= 11 is 5.32. The molecule has 0 spiro atoms. The molecular weight excluding hydrogens is 338 g/mol. The van der Waals surface area contributed by atoms with Crippen molar-refractivity contribution in [3.63, 3.8) is 0 Å². The number of rotatable bonds is 0. The summed E-state index contributed by atoms with van der Waals surface area (Å²) in [7, 11) is 0. The lowest BCUT2D eigenvalue weighted by atomic mass is 10.0. The number of alkyl halides is 2. The Balaban J connectivity index is 2.22. The van der Waals surface area contributed by atoms with Crippen molar-refractivity contribution in [2.45, 2.75) is 33.0 Å². The molecule has 0 amide bonds. The Morgan fingerprint density at radius 3 is 2.44 bits per heavy atom. The van der Waals surface area contributed by atoms with E-state index in [1.807, 2.05) is 0 Å². The molecule has 2 saturated carbocycles. The van der Waals surface area contributed by atoms with Crippen molar-refractivity contribution in [1.29, 1.82) is 0 Å². The molecule has 2 rings (SSSR count). The lowest BCUT2D eigenvalue weighted by molar-refractivity contribution is 0.524. The Morgan fingerprint density at radius 2 is 2.22 bits per heavy atom. The van der Waals surface area contributed by atoms with Gasteiger partial charge in [-0.25, -0.2) is 0 Å². The van der Waals surface area contributed by atoms with Gasteiger partial charge in [-0.2, -0.15) is 0 Å². The first kappa shape index (κ1) is 7.13. The summed E-state index contributed by atoms with van der Waals surface area (Å²) < 4.78 is 1.71. The van der Waals surface area contributed by atoms with Gasteiger partial charge in [0.25, 0.3) is 0 Å². The Kier molecular flexibility index (Phi) is 1.76. The van der Waals surface area contributed by atoms with Crippen LogP contribution in [0.25, 0.3) is 0 Å². The van der Waals surface area contributed by atoms with E-state index >= 15 is 0 Å². The topological polar surface area (TPSA) is 0 Å². The van der Waals surface area contributed by atoms with Crippen LogP contribution in [0.5, 0.6) is 0 Å². The molecule has 3 atom stereocenters. The van der Waals surface area contributed by atoms with E-state index in [0.717, 1.165) is 13.3 Å². The molecule has 2 fully saturated rings. The normalized spacial score (nSPS) is 56.7. The largest absolute Gasteiger partial charge is 0.0812 e. The molecular formula is C7H10I2. The standard InChI is InChI=1S/C7H10I2/c8-6-3-5-1-2-7(6,9)4-5/h5-6H,1-4H2. The summed E-state index contributed by atoms with van der Waals surface area (Å²) in [5.41, 5.74) is 0. The molecule has 0 aromatic rings. The quantitative estimate of drug-likeness (QED) is 0.466. The van der Waals surface area contributed by atoms with Gasteiger partial charge in [0.1, 0.15) is 0 Å². The molecule has 2 heteroatoms. The number of hydrogen-bond acceptors (Lipinski definition) is 0. The van der Waals surface area contributed by atoms with Crippen LogP contribution in [0.1, 0.15) is 25.7 Å². The minimum atomic E-state index is 0.725. The highest BCUT2D eigenvalue weighted by Gasteiger charge is 2.48. The fourth-order valence-corrected chi connectivity index (χ4v) is 4.59. The van der Waals surface area contributed by atoms with Crippen LogP contribution in [-0.4, -0.2) is 7.35 Å². The van der Waals surface area contributed by atoms with E-state index in [9.17, 15) is 0 Å². The van der Waals surface area contributed by atoms with Gasteiger partial charge in [-0.15, -0.1) is 0 Å². The van der Waals surface area contributed by atoms with Crippen molar-refractivity contribution in [2.24, 2.45) is 5.92 Å². The summed E-state index contributed by atoms with van der Waals surface area (Å²) in [4.78, 5) is 0. The van der Waals surface area contributed by atoms with E-state index in [1.54, 1.807) is 0 Å². The zero-order chi connectivity index (χ0) is 6.48. The number of halogens is 2. The molecule has 2 aliphatic carbocycles. The zero-order valence-electron chi connectivity index (χ0n) is 5.24. The average molecular weight is 348 g/mol. The summed E-state index contributed by atoms with van der Waals surface area (Å²) in [5, 5.41) is 0. The van der Waals surface area contributed by atoms with Crippen molar-refractivity contribution >= 4 is 45.2 Å². The molecule has 0 nitrogen and oxygen atoms in total. The lowest BCUT2D eigenvalue weighted by Crippen LogP contribution is -2.24. The Bertz CT molecular complexity index is 135. The van der Waals surface area contributed by atoms with E-state index in [4.69, 9.17) is 0 Å². The van der Waals surface area contributed by atoms with Crippen LogP contribution in [0.15, 0.2) is 0 Å². The third-order valence-electron chi connectivity index (χ3n) is 2.70. The van der Waals surface area contributed by atoms with Crippen LogP contribution in [-0.2, 0) is 0 Å². The Morgan fingerprint density at radius 1 is 1.44 bits per heavy atom. The molecule has 0 aromatic carbocycles. The van der Waals surface area contributed by atoms with E-state index < -0.39 is 0 Å². The van der Waals surface area contributed by atoms with Gasteiger partial charge in [-0.05, 0) is 31.6 Å². The van der Waals surface area contributed by atoms with Gasteiger partial charge >= 0.3 is 0 Å². The second kappa shape index (κ2) is 2.22. The van der Waals surface area contributed by atoms with Crippen molar-refractivity contribution in [3.05, 3.63) is 0 Å². The minimum Gasteiger partial charge on any atom is -0.0812 e. The van der Waals surface area contributed by atoms with Gasteiger partial charge in [0, 0.05) is 7.35 Å². The predicted octanol–water partition coefficient (Wildman–Crippen LogP) is 3.17. The van der Waals surface area contributed by atoms with Crippen molar-refractivity contribution in [3.8, 4) is 0 Å². The van der Waals surface area contributed by atoms with Crippen molar-refractivity contribution in [2.75, 3.05) is 0 Å². The average Bonchev–Trinajstić information content (AvgIpc) is 2.22. The first-order chi connectivity index (χ1) is 4.21.